The van der Waals surface area contributed by atoms with E-state index in [-0.39, 0.29) is 12.3 Å². The number of hydrogen-bond acceptors (Lipinski definition) is 6. The van der Waals surface area contributed by atoms with Crippen LogP contribution in [0.15, 0.2) is 63.4 Å². The summed E-state index contributed by atoms with van der Waals surface area (Å²) in [4.78, 5) is 20.8. The average molecular weight is 334 g/mol. The van der Waals surface area contributed by atoms with Crippen LogP contribution in [0.3, 0.4) is 0 Å². The summed E-state index contributed by atoms with van der Waals surface area (Å²) in [6, 6.07) is 16.7. The summed E-state index contributed by atoms with van der Waals surface area (Å²) in [6.45, 7) is 1.61. The fourth-order valence-electron chi connectivity index (χ4n) is 2.47. The highest BCUT2D eigenvalue weighted by Gasteiger charge is 2.20. The van der Waals surface area contributed by atoms with Gasteiger partial charge in [0.25, 0.3) is 0 Å². The van der Waals surface area contributed by atoms with Gasteiger partial charge in [-0.25, -0.2) is 14.8 Å². The SMILES string of the molecule is Cc1oc(-c2ccccc2)nc1C(=O)OCc1nc2ccccc2o1. The highest BCUT2D eigenvalue weighted by Crippen LogP contribution is 2.22. The van der Waals surface area contributed by atoms with Gasteiger partial charge in [0.15, 0.2) is 17.9 Å². The molecule has 0 aliphatic rings. The molecule has 0 bridgehead atoms. The molecule has 2 heterocycles. The van der Waals surface area contributed by atoms with Gasteiger partial charge in [-0.1, -0.05) is 30.3 Å². The lowest BCUT2D eigenvalue weighted by Gasteiger charge is -1.99. The molecular formula is C19H14N2O4. The van der Waals surface area contributed by atoms with Crippen molar-refractivity contribution in [2.75, 3.05) is 0 Å². The largest absolute Gasteiger partial charge is 0.451 e. The molecule has 0 aliphatic carbocycles. The van der Waals surface area contributed by atoms with Gasteiger partial charge in [-0.3, -0.25) is 0 Å². The summed E-state index contributed by atoms with van der Waals surface area (Å²) in [5, 5.41) is 0. The average Bonchev–Trinajstić information content (AvgIpc) is 3.23. The summed E-state index contributed by atoms with van der Waals surface area (Å²) < 4.78 is 16.4. The minimum atomic E-state index is -0.578. The Bertz CT molecular complexity index is 1000. The fraction of sp³-hybridized carbons (Fsp3) is 0.105. The second kappa shape index (κ2) is 6.24. The van der Waals surface area contributed by atoms with Crippen molar-refractivity contribution in [2.45, 2.75) is 13.5 Å². The molecule has 0 fully saturated rings. The standard InChI is InChI=1S/C19H14N2O4/c1-12-17(21-18(24-12)13-7-3-2-4-8-13)19(22)23-11-16-20-14-9-5-6-10-15(14)25-16/h2-10H,11H2,1H3. The van der Waals surface area contributed by atoms with Crippen molar-refractivity contribution in [3.63, 3.8) is 0 Å². The van der Waals surface area contributed by atoms with E-state index < -0.39 is 5.97 Å². The van der Waals surface area contributed by atoms with Crippen LogP contribution >= 0.6 is 0 Å². The number of para-hydroxylation sites is 2. The highest BCUT2D eigenvalue weighted by molar-refractivity contribution is 5.88. The van der Waals surface area contributed by atoms with Crippen molar-refractivity contribution in [1.82, 2.24) is 9.97 Å². The van der Waals surface area contributed by atoms with E-state index in [0.717, 1.165) is 11.1 Å². The molecule has 0 aliphatic heterocycles. The first-order chi connectivity index (χ1) is 12.2. The van der Waals surface area contributed by atoms with Crippen LogP contribution in [0.1, 0.15) is 22.1 Å². The number of ether oxygens (including phenoxy) is 1. The summed E-state index contributed by atoms with van der Waals surface area (Å²) in [6.07, 6.45) is 0. The number of aromatic nitrogens is 2. The summed E-state index contributed by atoms with van der Waals surface area (Å²) >= 11 is 0. The molecule has 2 aromatic carbocycles. The molecule has 0 spiro atoms. The smallest absolute Gasteiger partial charge is 0.361 e. The summed E-state index contributed by atoms with van der Waals surface area (Å²) in [7, 11) is 0. The molecule has 0 unspecified atom stereocenters. The molecule has 0 saturated carbocycles. The number of hydrogen-bond donors (Lipinski definition) is 0. The normalized spacial score (nSPS) is 10.9. The summed E-state index contributed by atoms with van der Waals surface area (Å²) in [5.41, 5.74) is 2.31. The zero-order valence-electron chi connectivity index (χ0n) is 13.4. The predicted molar refractivity (Wildman–Crippen MR) is 89.8 cm³/mol. The van der Waals surface area contributed by atoms with E-state index in [4.69, 9.17) is 13.6 Å². The Kier molecular flexibility index (Phi) is 3.78. The molecule has 124 valence electrons. The monoisotopic (exact) mass is 334 g/mol. The van der Waals surface area contributed by atoms with Crippen LogP contribution in [-0.2, 0) is 11.3 Å². The topological polar surface area (TPSA) is 78.4 Å². The quantitative estimate of drug-likeness (QED) is 0.522. The van der Waals surface area contributed by atoms with Crippen LogP contribution in [0.4, 0.5) is 0 Å². The third kappa shape index (κ3) is 3.01. The van der Waals surface area contributed by atoms with E-state index in [2.05, 4.69) is 9.97 Å². The van der Waals surface area contributed by atoms with Crippen LogP contribution < -0.4 is 0 Å². The van der Waals surface area contributed by atoms with Crippen LogP contribution in [0.2, 0.25) is 0 Å². The Morgan fingerprint density at radius 2 is 1.76 bits per heavy atom. The highest BCUT2D eigenvalue weighted by atomic mass is 16.5. The van der Waals surface area contributed by atoms with E-state index >= 15 is 0 Å². The van der Waals surface area contributed by atoms with Gasteiger partial charge < -0.3 is 13.6 Å². The van der Waals surface area contributed by atoms with Gasteiger partial charge in [0.05, 0.1) is 0 Å². The molecule has 0 radical (unpaired) electrons. The lowest BCUT2D eigenvalue weighted by molar-refractivity contribution is 0.0432. The summed E-state index contributed by atoms with van der Waals surface area (Å²) in [5.74, 6) is 0.540. The molecule has 0 N–H and O–H groups in total. The first-order valence-corrected chi connectivity index (χ1v) is 7.75. The van der Waals surface area contributed by atoms with Gasteiger partial charge in [0.1, 0.15) is 11.3 Å². The molecule has 0 atom stereocenters. The maximum Gasteiger partial charge on any atom is 0.361 e. The van der Waals surface area contributed by atoms with Crippen molar-refractivity contribution >= 4 is 17.1 Å². The van der Waals surface area contributed by atoms with Crippen LogP contribution in [-0.4, -0.2) is 15.9 Å². The molecule has 2 aromatic heterocycles. The van der Waals surface area contributed by atoms with E-state index in [1.165, 1.54) is 0 Å². The van der Waals surface area contributed by atoms with Gasteiger partial charge in [-0.15, -0.1) is 0 Å². The van der Waals surface area contributed by atoms with Crippen molar-refractivity contribution in [2.24, 2.45) is 0 Å². The van der Waals surface area contributed by atoms with E-state index in [1.807, 2.05) is 54.6 Å². The predicted octanol–water partition coefficient (Wildman–Crippen LogP) is 4.15. The minimum Gasteiger partial charge on any atom is -0.451 e. The lowest BCUT2D eigenvalue weighted by Crippen LogP contribution is -2.07. The third-order valence-corrected chi connectivity index (χ3v) is 3.68. The number of fused-ring (bicyclic) bond motifs is 1. The molecule has 0 saturated heterocycles. The van der Waals surface area contributed by atoms with E-state index in [0.29, 0.717) is 23.1 Å². The Morgan fingerprint density at radius 1 is 1.00 bits per heavy atom. The van der Waals surface area contributed by atoms with Crippen molar-refractivity contribution in [3.05, 3.63) is 71.9 Å². The zero-order chi connectivity index (χ0) is 17.2. The molecule has 25 heavy (non-hydrogen) atoms. The number of rotatable bonds is 4. The van der Waals surface area contributed by atoms with E-state index in [1.54, 1.807) is 6.92 Å². The number of carbonyl (C=O) groups excluding carboxylic acids is 1. The molecule has 4 aromatic rings. The van der Waals surface area contributed by atoms with Crippen molar-refractivity contribution < 1.29 is 18.4 Å². The van der Waals surface area contributed by atoms with Crippen LogP contribution in [0, 0.1) is 6.92 Å². The Labute approximate surface area is 143 Å². The third-order valence-electron chi connectivity index (χ3n) is 3.68. The van der Waals surface area contributed by atoms with Crippen LogP contribution in [0.25, 0.3) is 22.6 Å². The second-order valence-electron chi connectivity index (χ2n) is 5.44. The molecule has 6 heteroatoms. The van der Waals surface area contributed by atoms with Gasteiger partial charge in [0, 0.05) is 5.56 Å². The van der Waals surface area contributed by atoms with Gasteiger partial charge in [0.2, 0.25) is 11.8 Å². The van der Waals surface area contributed by atoms with Crippen molar-refractivity contribution in [1.29, 1.82) is 0 Å². The number of esters is 1. The number of benzene rings is 2. The Balaban J connectivity index is 1.50. The maximum absolute atomic E-state index is 12.3. The first-order valence-electron chi connectivity index (χ1n) is 7.75. The van der Waals surface area contributed by atoms with Crippen LogP contribution in [0.5, 0.6) is 0 Å². The second-order valence-corrected chi connectivity index (χ2v) is 5.44. The lowest BCUT2D eigenvalue weighted by atomic mass is 10.2. The number of aryl methyl sites for hydroxylation is 1. The molecule has 4 rings (SSSR count). The Morgan fingerprint density at radius 3 is 2.56 bits per heavy atom. The number of oxazole rings is 2. The first kappa shape index (κ1) is 15.1. The van der Waals surface area contributed by atoms with Gasteiger partial charge in [-0.2, -0.15) is 0 Å². The van der Waals surface area contributed by atoms with Gasteiger partial charge in [-0.05, 0) is 31.2 Å². The Hall–Kier alpha value is -3.41. The van der Waals surface area contributed by atoms with E-state index in [9.17, 15) is 4.79 Å². The van der Waals surface area contributed by atoms with Gasteiger partial charge >= 0.3 is 5.97 Å². The molecule has 6 nitrogen and oxygen atoms in total. The number of nitrogens with zero attached hydrogens (tertiary/aromatic N) is 2. The minimum absolute atomic E-state index is 0.0690. The maximum atomic E-state index is 12.3. The number of carbonyl (C=O) groups is 1. The molecule has 0 amide bonds. The van der Waals surface area contributed by atoms with Crippen molar-refractivity contribution in [3.8, 4) is 11.5 Å². The fourth-order valence-corrected chi connectivity index (χ4v) is 2.47. The molecular weight excluding hydrogens is 320 g/mol. The zero-order valence-corrected chi connectivity index (χ0v) is 13.4.